The SMILES string of the molecule is C=CN(C=O)CCC(=O)NCCCC(=O)N(C=C)C=O. The van der Waals surface area contributed by atoms with Gasteiger partial charge in [0.2, 0.25) is 24.6 Å². The van der Waals surface area contributed by atoms with Gasteiger partial charge < -0.3 is 10.2 Å². The standard InChI is InChI=1S/C13H19N3O4/c1-3-15(10-17)9-7-12(19)14-8-5-6-13(20)16(4-2)11-18/h3-4,10-11H,1-2,5-9H2,(H,14,19). The summed E-state index contributed by atoms with van der Waals surface area (Å²) in [7, 11) is 0. The monoisotopic (exact) mass is 281 g/mol. The number of nitrogens with zero attached hydrogens (tertiary/aromatic N) is 2. The number of nitrogens with one attached hydrogen (secondary N) is 1. The highest BCUT2D eigenvalue weighted by Gasteiger charge is 2.09. The van der Waals surface area contributed by atoms with E-state index in [2.05, 4.69) is 18.5 Å². The van der Waals surface area contributed by atoms with E-state index in [0.29, 0.717) is 25.8 Å². The van der Waals surface area contributed by atoms with Gasteiger partial charge >= 0.3 is 0 Å². The van der Waals surface area contributed by atoms with Crippen LogP contribution in [-0.2, 0) is 19.2 Å². The van der Waals surface area contributed by atoms with Crippen molar-refractivity contribution in [1.82, 2.24) is 15.1 Å². The van der Waals surface area contributed by atoms with E-state index in [9.17, 15) is 19.2 Å². The number of amides is 4. The van der Waals surface area contributed by atoms with Crippen LogP contribution in [0.15, 0.2) is 25.6 Å². The lowest BCUT2D eigenvalue weighted by atomic mass is 10.2. The van der Waals surface area contributed by atoms with Crippen LogP contribution >= 0.6 is 0 Å². The maximum absolute atomic E-state index is 11.4. The number of carbonyl (C=O) groups is 4. The number of hydrogen-bond donors (Lipinski definition) is 1. The highest BCUT2D eigenvalue weighted by Crippen LogP contribution is 1.96. The molecule has 0 rings (SSSR count). The lowest BCUT2D eigenvalue weighted by Crippen LogP contribution is -2.29. The van der Waals surface area contributed by atoms with Gasteiger partial charge in [0.25, 0.3) is 0 Å². The summed E-state index contributed by atoms with van der Waals surface area (Å²) >= 11 is 0. The Kier molecular flexibility index (Phi) is 9.20. The van der Waals surface area contributed by atoms with Crippen LogP contribution in [-0.4, -0.2) is 47.5 Å². The van der Waals surface area contributed by atoms with Crippen molar-refractivity contribution < 1.29 is 19.2 Å². The van der Waals surface area contributed by atoms with E-state index in [4.69, 9.17) is 0 Å². The average Bonchev–Trinajstić information content (AvgIpc) is 2.46. The van der Waals surface area contributed by atoms with Gasteiger partial charge in [-0.3, -0.25) is 24.1 Å². The Morgan fingerprint density at radius 2 is 1.75 bits per heavy atom. The molecule has 7 nitrogen and oxygen atoms in total. The first kappa shape index (κ1) is 17.6. The molecule has 0 fully saturated rings. The summed E-state index contributed by atoms with van der Waals surface area (Å²) in [5.41, 5.74) is 0. The van der Waals surface area contributed by atoms with Crippen molar-refractivity contribution in [2.45, 2.75) is 19.3 Å². The Balaban J connectivity index is 3.79. The number of rotatable bonds is 11. The van der Waals surface area contributed by atoms with Gasteiger partial charge in [-0.1, -0.05) is 13.2 Å². The third kappa shape index (κ3) is 7.10. The predicted molar refractivity (Wildman–Crippen MR) is 72.9 cm³/mol. The number of carbonyl (C=O) groups excluding carboxylic acids is 4. The Labute approximate surface area is 117 Å². The molecule has 1 N–H and O–H groups in total. The molecule has 0 bridgehead atoms. The van der Waals surface area contributed by atoms with Crippen LogP contribution in [0.4, 0.5) is 0 Å². The van der Waals surface area contributed by atoms with Gasteiger partial charge in [0, 0.05) is 32.1 Å². The van der Waals surface area contributed by atoms with Crippen molar-refractivity contribution >= 4 is 24.6 Å². The molecule has 4 amide bonds. The van der Waals surface area contributed by atoms with Crippen LogP contribution < -0.4 is 5.32 Å². The first-order valence-electron chi connectivity index (χ1n) is 6.08. The number of hydrogen-bond acceptors (Lipinski definition) is 4. The molecule has 0 saturated heterocycles. The lowest BCUT2D eigenvalue weighted by Gasteiger charge is -2.11. The third-order valence-electron chi connectivity index (χ3n) is 2.45. The van der Waals surface area contributed by atoms with E-state index < -0.39 is 0 Å². The summed E-state index contributed by atoms with van der Waals surface area (Å²) in [6.45, 7) is 7.33. The molecule has 20 heavy (non-hydrogen) atoms. The van der Waals surface area contributed by atoms with Gasteiger partial charge in [-0.2, -0.15) is 0 Å². The summed E-state index contributed by atoms with van der Waals surface area (Å²) in [6, 6.07) is 0. The van der Waals surface area contributed by atoms with E-state index in [1.165, 1.54) is 11.1 Å². The fourth-order valence-corrected chi connectivity index (χ4v) is 1.31. The molecule has 0 atom stereocenters. The molecule has 0 radical (unpaired) electrons. The summed E-state index contributed by atoms with van der Waals surface area (Å²) < 4.78 is 0. The molecule has 110 valence electrons. The second-order valence-corrected chi connectivity index (χ2v) is 3.82. The zero-order valence-corrected chi connectivity index (χ0v) is 11.3. The highest BCUT2D eigenvalue weighted by atomic mass is 16.2. The molecule has 0 aromatic carbocycles. The van der Waals surface area contributed by atoms with Crippen LogP contribution in [0.5, 0.6) is 0 Å². The Morgan fingerprint density at radius 1 is 1.05 bits per heavy atom. The van der Waals surface area contributed by atoms with E-state index in [-0.39, 0.29) is 31.2 Å². The fourth-order valence-electron chi connectivity index (χ4n) is 1.31. The Bertz CT molecular complexity index is 366. The minimum absolute atomic E-state index is 0.137. The highest BCUT2D eigenvalue weighted by molar-refractivity contribution is 5.87. The Hall–Kier alpha value is -2.44. The van der Waals surface area contributed by atoms with Crippen molar-refractivity contribution in [2.24, 2.45) is 0 Å². The third-order valence-corrected chi connectivity index (χ3v) is 2.45. The van der Waals surface area contributed by atoms with Crippen LogP contribution in [0.1, 0.15) is 19.3 Å². The zero-order chi connectivity index (χ0) is 15.4. The van der Waals surface area contributed by atoms with Crippen molar-refractivity contribution in [1.29, 1.82) is 0 Å². The Morgan fingerprint density at radius 3 is 2.25 bits per heavy atom. The normalized spacial score (nSPS) is 9.20. The van der Waals surface area contributed by atoms with Gasteiger partial charge in [0.15, 0.2) is 0 Å². The largest absolute Gasteiger partial charge is 0.356 e. The molecule has 7 heteroatoms. The van der Waals surface area contributed by atoms with Gasteiger partial charge in [0.05, 0.1) is 0 Å². The average molecular weight is 281 g/mol. The smallest absolute Gasteiger partial charge is 0.233 e. The minimum Gasteiger partial charge on any atom is -0.356 e. The summed E-state index contributed by atoms with van der Waals surface area (Å²) in [4.78, 5) is 45.8. The van der Waals surface area contributed by atoms with E-state index in [1.54, 1.807) is 0 Å². The minimum atomic E-state index is -0.372. The zero-order valence-electron chi connectivity index (χ0n) is 11.3. The molecule has 0 aliphatic rings. The van der Waals surface area contributed by atoms with Crippen molar-refractivity contribution in [3.63, 3.8) is 0 Å². The molecule has 0 spiro atoms. The van der Waals surface area contributed by atoms with Crippen molar-refractivity contribution in [3.8, 4) is 0 Å². The summed E-state index contributed by atoms with van der Waals surface area (Å²) in [5, 5.41) is 2.62. The first-order chi connectivity index (χ1) is 9.58. The van der Waals surface area contributed by atoms with Crippen LogP contribution in [0.2, 0.25) is 0 Å². The van der Waals surface area contributed by atoms with Gasteiger partial charge in [-0.05, 0) is 12.6 Å². The molecule has 0 aromatic rings. The maximum atomic E-state index is 11.4. The quantitative estimate of drug-likeness (QED) is 0.427. The second kappa shape index (κ2) is 10.5. The van der Waals surface area contributed by atoms with Gasteiger partial charge in [-0.15, -0.1) is 0 Å². The van der Waals surface area contributed by atoms with E-state index >= 15 is 0 Å². The van der Waals surface area contributed by atoms with Crippen LogP contribution in [0.25, 0.3) is 0 Å². The van der Waals surface area contributed by atoms with Gasteiger partial charge in [0.1, 0.15) is 0 Å². The molecule has 0 saturated carbocycles. The molecular formula is C13H19N3O4. The van der Waals surface area contributed by atoms with Crippen molar-refractivity contribution in [2.75, 3.05) is 13.1 Å². The van der Waals surface area contributed by atoms with Crippen molar-refractivity contribution in [3.05, 3.63) is 25.6 Å². The summed E-state index contributed by atoms with van der Waals surface area (Å²) in [5.74, 6) is -0.592. The fraction of sp³-hybridized carbons (Fsp3) is 0.385. The maximum Gasteiger partial charge on any atom is 0.233 e. The second-order valence-electron chi connectivity index (χ2n) is 3.82. The lowest BCUT2D eigenvalue weighted by molar-refractivity contribution is -0.135. The molecule has 0 unspecified atom stereocenters. The topological polar surface area (TPSA) is 86.8 Å². The van der Waals surface area contributed by atoms with Crippen LogP contribution in [0, 0.1) is 0 Å². The molecule has 0 aromatic heterocycles. The van der Waals surface area contributed by atoms with Gasteiger partial charge in [-0.25, -0.2) is 0 Å². The molecular weight excluding hydrogens is 262 g/mol. The number of imide groups is 1. The predicted octanol–water partition coefficient (Wildman–Crippen LogP) is 0.00330. The molecule has 0 heterocycles. The van der Waals surface area contributed by atoms with E-state index in [0.717, 1.165) is 11.1 Å². The summed E-state index contributed by atoms with van der Waals surface area (Å²) in [6.07, 6.45) is 4.16. The molecule has 0 aliphatic heterocycles. The molecule has 0 aliphatic carbocycles. The first-order valence-corrected chi connectivity index (χ1v) is 6.08. The van der Waals surface area contributed by atoms with E-state index in [1.807, 2.05) is 0 Å². The van der Waals surface area contributed by atoms with Crippen LogP contribution in [0.3, 0.4) is 0 Å².